The number of ether oxygens (including phenoxy) is 1. The fraction of sp³-hybridized carbons (Fsp3) is 0.487. The third-order valence-electron chi connectivity index (χ3n) is 11.5. The molecule has 5 rings (SSSR count). The van der Waals surface area contributed by atoms with Crippen LogP contribution in [0.15, 0.2) is 84.9 Å². The van der Waals surface area contributed by atoms with Gasteiger partial charge in [0.1, 0.15) is 5.41 Å². The number of nitrogens with one attached hydrogen (secondary N) is 1. The first kappa shape index (κ1) is 37.1. The molecule has 3 aromatic rings. The fourth-order valence-electron chi connectivity index (χ4n) is 8.66. The van der Waals surface area contributed by atoms with Crippen LogP contribution in [0, 0.1) is 20.9 Å². The molecule has 0 aromatic heterocycles. The molecule has 4 unspecified atom stereocenters. The summed E-state index contributed by atoms with van der Waals surface area (Å²) in [6.45, 7) is 6.03. The fourth-order valence-corrected chi connectivity index (χ4v) is 8.66. The van der Waals surface area contributed by atoms with Gasteiger partial charge in [-0.25, -0.2) is 0 Å². The SMILES string of the molecule is CCCCOCCC1(C(=O)O)C(c2cccc([N+](=O)[O-])c2)C(CCN2CCC(c3ccccc3)(c3ccccc3)CC2)(C(=O)O)C(C)N[C@@H]1N. The summed E-state index contributed by atoms with van der Waals surface area (Å²) in [7, 11) is 0. The van der Waals surface area contributed by atoms with E-state index < -0.39 is 45.8 Å². The lowest BCUT2D eigenvalue weighted by Crippen LogP contribution is -2.73. The molecule has 50 heavy (non-hydrogen) atoms. The number of nitro benzene ring substituents is 1. The Balaban J connectivity index is 1.52. The van der Waals surface area contributed by atoms with Gasteiger partial charge in [0.2, 0.25) is 0 Å². The Morgan fingerprint density at radius 3 is 2.06 bits per heavy atom. The molecule has 0 saturated carbocycles. The number of non-ortho nitro benzene ring substituents is 1. The van der Waals surface area contributed by atoms with Gasteiger partial charge in [-0.1, -0.05) is 86.1 Å². The minimum atomic E-state index is -1.84. The van der Waals surface area contributed by atoms with E-state index in [0.717, 1.165) is 25.7 Å². The van der Waals surface area contributed by atoms with Gasteiger partial charge in [-0.05, 0) is 75.4 Å². The van der Waals surface area contributed by atoms with Crippen LogP contribution in [0.5, 0.6) is 0 Å². The van der Waals surface area contributed by atoms with E-state index >= 15 is 0 Å². The van der Waals surface area contributed by atoms with Crippen molar-refractivity contribution >= 4 is 17.6 Å². The van der Waals surface area contributed by atoms with Crippen molar-refractivity contribution in [2.75, 3.05) is 32.8 Å². The molecule has 3 aromatic carbocycles. The van der Waals surface area contributed by atoms with Crippen molar-refractivity contribution in [2.24, 2.45) is 16.6 Å². The Hall–Kier alpha value is -4.16. The third-order valence-corrected chi connectivity index (χ3v) is 11.5. The van der Waals surface area contributed by atoms with Crippen molar-refractivity contribution < 1.29 is 29.5 Å². The summed E-state index contributed by atoms with van der Waals surface area (Å²) in [5, 5.41) is 37.4. The van der Waals surface area contributed by atoms with E-state index in [2.05, 4.69) is 58.7 Å². The van der Waals surface area contributed by atoms with E-state index in [1.165, 1.54) is 29.3 Å². The zero-order chi connectivity index (χ0) is 35.9. The van der Waals surface area contributed by atoms with Gasteiger partial charge in [0.15, 0.2) is 0 Å². The first-order valence-electron chi connectivity index (χ1n) is 17.7. The molecule has 0 aliphatic carbocycles. The third kappa shape index (κ3) is 6.92. The molecule has 2 aliphatic heterocycles. The summed E-state index contributed by atoms with van der Waals surface area (Å²) in [6, 6.07) is 25.9. The summed E-state index contributed by atoms with van der Waals surface area (Å²) in [4.78, 5) is 41.0. The number of carbonyl (C=O) groups is 2. The monoisotopic (exact) mass is 686 g/mol. The molecule has 2 aliphatic rings. The maximum absolute atomic E-state index is 13.8. The Morgan fingerprint density at radius 1 is 0.920 bits per heavy atom. The van der Waals surface area contributed by atoms with E-state index in [-0.39, 0.29) is 36.1 Å². The lowest BCUT2D eigenvalue weighted by atomic mass is 9.51. The van der Waals surface area contributed by atoms with Gasteiger partial charge < -0.3 is 25.6 Å². The van der Waals surface area contributed by atoms with E-state index in [4.69, 9.17) is 10.5 Å². The van der Waals surface area contributed by atoms with E-state index in [1.54, 1.807) is 13.0 Å². The van der Waals surface area contributed by atoms with Gasteiger partial charge in [-0.3, -0.25) is 25.0 Å². The highest BCUT2D eigenvalue weighted by atomic mass is 16.6. The first-order valence-corrected chi connectivity index (χ1v) is 17.7. The first-order chi connectivity index (χ1) is 24.0. The van der Waals surface area contributed by atoms with Gasteiger partial charge in [-0.15, -0.1) is 0 Å². The summed E-state index contributed by atoms with van der Waals surface area (Å²) in [6.07, 6.45) is 2.22. The molecule has 2 saturated heterocycles. The topological polar surface area (TPSA) is 168 Å². The molecular formula is C39H50N4O7. The second-order valence-corrected chi connectivity index (χ2v) is 14.0. The molecule has 0 bridgehead atoms. The van der Waals surface area contributed by atoms with Crippen LogP contribution in [0.2, 0.25) is 0 Å². The number of aliphatic carboxylic acids is 2. The minimum Gasteiger partial charge on any atom is -0.481 e. The Bertz CT molecular complexity index is 1570. The number of hydrogen-bond acceptors (Lipinski definition) is 8. The molecule has 268 valence electrons. The van der Waals surface area contributed by atoms with Crippen LogP contribution in [0.4, 0.5) is 5.69 Å². The largest absolute Gasteiger partial charge is 0.481 e. The Kier molecular flexibility index (Phi) is 11.7. The zero-order valence-electron chi connectivity index (χ0n) is 29.0. The number of nitro groups is 1. The van der Waals surface area contributed by atoms with Crippen molar-refractivity contribution in [3.63, 3.8) is 0 Å². The highest BCUT2D eigenvalue weighted by Crippen LogP contribution is 2.58. The van der Waals surface area contributed by atoms with Crippen LogP contribution < -0.4 is 11.1 Å². The van der Waals surface area contributed by atoms with Gasteiger partial charge in [0.25, 0.3) is 5.69 Å². The number of likely N-dealkylation sites (tertiary alicyclic amines) is 1. The number of benzene rings is 3. The van der Waals surface area contributed by atoms with Crippen LogP contribution in [0.3, 0.4) is 0 Å². The molecule has 2 heterocycles. The maximum atomic E-state index is 13.8. The number of carboxylic acid groups (broad SMARTS) is 2. The predicted molar refractivity (Wildman–Crippen MR) is 191 cm³/mol. The number of unbranched alkanes of at least 4 members (excludes halogenated alkanes) is 1. The number of hydrogen-bond donors (Lipinski definition) is 4. The van der Waals surface area contributed by atoms with Crippen molar-refractivity contribution in [1.82, 2.24) is 10.2 Å². The zero-order valence-corrected chi connectivity index (χ0v) is 29.0. The van der Waals surface area contributed by atoms with Crippen molar-refractivity contribution in [2.45, 2.75) is 75.9 Å². The number of carboxylic acids is 2. The number of nitrogens with zero attached hydrogens (tertiary/aromatic N) is 2. The van der Waals surface area contributed by atoms with Gasteiger partial charge in [0, 0.05) is 42.7 Å². The van der Waals surface area contributed by atoms with Gasteiger partial charge >= 0.3 is 11.9 Å². The van der Waals surface area contributed by atoms with Crippen LogP contribution in [0.25, 0.3) is 0 Å². The van der Waals surface area contributed by atoms with E-state index in [0.29, 0.717) is 26.2 Å². The standard InChI is InChI=1S/C39H50N4O7/c1-3-4-25-50-26-21-39(36(46)47)33(29-12-11-17-32(27-29)43(48)49)38(35(44)45,28(2)41-34(39)40)20-24-42-22-18-37(19-23-42,30-13-7-5-8-14-30)31-15-9-6-10-16-31/h5-17,27-28,33-34,41H,3-4,18-26,40H2,1-2H3,(H,44,45)(H,46,47)/t28?,33?,34-,38?,39?/m0/s1. The van der Waals surface area contributed by atoms with E-state index in [1.807, 2.05) is 19.1 Å². The summed E-state index contributed by atoms with van der Waals surface area (Å²) >= 11 is 0. The summed E-state index contributed by atoms with van der Waals surface area (Å²) in [5.74, 6) is -3.64. The highest BCUT2D eigenvalue weighted by molar-refractivity contribution is 5.84. The van der Waals surface area contributed by atoms with Crippen LogP contribution in [0.1, 0.15) is 75.0 Å². The summed E-state index contributed by atoms with van der Waals surface area (Å²) in [5.41, 5.74) is 5.48. The molecule has 0 spiro atoms. The molecule has 2 fully saturated rings. The molecule has 5 atom stereocenters. The second-order valence-electron chi connectivity index (χ2n) is 14.0. The van der Waals surface area contributed by atoms with Crippen molar-refractivity contribution in [1.29, 1.82) is 0 Å². The second kappa shape index (κ2) is 15.8. The molecule has 0 amide bonds. The quantitative estimate of drug-likeness (QED) is 0.0874. The predicted octanol–water partition coefficient (Wildman–Crippen LogP) is 5.78. The number of piperidine rings is 2. The number of nitrogens with two attached hydrogens (primary N) is 1. The molecule has 5 N–H and O–H groups in total. The average molecular weight is 687 g/mol. The number of rotatable bonds is 15. The lowest BCUT2D eigenvalue weighted by Gasteiger charge is -2.57. The smallest absolute Gasteiger partial charge is 0.313 e. The van der Waals surface area contributed by atoms with E-state index in [9.17, 15) is 29.9 Å². The van der Waals surface area contributed by atoms with Gasteiger partial charge in [-0.2, -0.15) is 0 Å². The molecule has 11 heteroatoms. The van der Waals surface area contributed by atoms with Crippen LogP contribution >= 0.6 is 0 Å². The Morgan fingerprint density at radius 2 is 1.52 bits per heavy atom. The molecular weight excluding hydrogens is 636 g/mol. The van der Waals surface area contributed by atoms with Gasteiger partial charge in [0.05, 0.1) is 16.5 Å². The maximum Gasteiger partial charge on any atom is 0.313 e. The van der Waals surface area contributed by atoms with Crippen molar-refractivity contribution in [3.8, 4) is 0 Å². The average Bonchev–Trinajstić information content (AvgIpc) is 3.12. The Labute approximate surface area is 294 Å². The van der Waals surface area contributed by atoms with Crippen molar-refractivity contribution in [3.05, 3.63) is 112 Å². The summed E-state index contributed by atoms with van der Waals surface area (Å²) < 4.78 is 5.84. The van der Waals surface area contributed by atoms with Crippen LogP contribution in [-0.2, 0) is 19.7 Å². The highest BCUT2D eigenvalue weighted by Gasteiger charge is 2.67. The molecule has 0 radical (unpaired) electrons. The molecule has 11 nitrogen and oxygen atoms in total. The normalized spacial score (nSPS) is 26.7. The lowest BCUT2D eigenvalue weighted by molar-refractivity contribution is -0.385. The van der Waals surface area contributed by atoms with Crippen LogP contribution in [-0.4, -0.2) is 77.0 Å². The minimum absolute atomic E-state index is 0.0460.